The fraction of sp³-hybridized carbons (Fsp3) is 0.333. The molecule has 8 heteroatoms. The Labute approximate surface area is 106 Å². The van der Waals surface area contributed by atoms with Gasteiger partial charge in [0.05, 0.1) is 12.2 Å². The van der Waals surface area contributed by atoms with Crippen LogP contribution in [-0.2, 0) is 14.1 Å². The Morgan fingerprint density at radius 3 is 2.71 bits per heavy atom. The van der Waals surface area contributed by atoms with Gasteiger partial charge in [-0.3, -0.25) is 9.48 Å². The average Bonchev–Trinajstić information content (AvgIpc) is 2.84. The minimum atomic E-state index is -0.766. The first-order valence-electron chi connectivity index (χ1n) is 4.84. The zero-order valence-corrected chi connectivity index (χ0v) is 10.9. The van der Waals surface area contributed by atoms with Crippen LogP contribution in [0.2, 0.25) is 0 Å². The van der Waals surface area contributed by atoms with Crippen LogP contribution in [0.25, 0.3) is 0 Å². The van der Waals surface area contributed by atoms with Gasteiger partial charge in [0.2, 0.25) is 5.78 Å². The highest BCUT2D eigenvalue weighted by Gasteiger charge is 2.25. The lowest BCUT2D eigenvalue weighted by Crippen LogP contribution is -2.23. The van der Waals surface area contributed by atoms with E-state index in [1.54, 1.807) is 31.2 Å². The topological polar surface area (TPSA) is 91.6 Å². The largest absolute Gasteiger partial charge is 0.317 e. The summed E-state index contributed by atoms with van der Waals surface area (Å²) in [6.45, 7) is 0. The van der Waals surface area contributed by atoms with Gasteiger partial charge in [-0.1, -0.05) is 5.21 Å². The number of nitrogens with zero attached hydrogens (tertiary/aromatic N) is 5. The number of rotatable bonds is 3. The van der Waals surface area contributed by atoms with E-state index in [0.29, 0.717) is 15.9 Å². The van der Waals surface area contributed by atoms with Gasteiger partial charge >= 0.3 is 0 Å². The SMILES string of the molecule is Cn1cc(C(N)C(=O)c2c(Br)nnn2C)cn1. The number of halogens is 1. The number of carbonyl (C=O) groups is 1. The van der Waals surface area contributed by atoms with E-state index in [1.807, 2.05) is 0 Å². The lowest BCUT2D eigenvalue weighted by atomic mass is 10.1. The zero-order valence-electron chi connectivity index (χ0n) is 9.33. The number of ketones is 1. The van der Waals surface area contributed by atoms with E-state index in [2.05, 4.69) is 31.3 Å². The van der Waals surface area contributed by atoms with Crippen LogP contribution in [0.4, 0.5) is 0 Å². The van der Waals surface area contributed by atoms with Crippen molar-refractivity contribution in [3.05, 3.63) is 28.3 Å². The summed E-state index contributed by atoms with van der Waals surface area (Å²) in [5, 5.41) is 11.5. The maximum Gasteiger partial charge on any atom is 0.204 e. The van der Waals surface area contributed by atoms with E-state index in [4.69, 9.17) is 5.73 Å². The zero-order chi connectivity index (χ0) is 12.6. The van der Waals surface area contributed by atoms with Crippen LogP contribution in [0.3, 0.4) is 0 Å². The summed E-state index contributed by atoms with van der Waals surface area (Å²) >= 11 is 3.17. The van der Waals surface area contributed by atoms with Crippen molar-refractivity contribution in [1.29, 1.82) is 0 Å². The summed E-state index contributed by atoms with van der Waals surface area (Å²) in [5.74, 6) is -0.252. The van der Waals surface area contributed by atoms with Crippen molar-refractivity contribution in [2.45, 2.75) is 6.04 Å². The standard InChI is InChI=1S/C9H11BrN6O/c1-15-4-5(3-12-15)6(11)8(17)7-9(10)13-14-16(7)2/h3-4,6H,11H2,1-2H3. The third-order valence-electron chi connectivity index (χ3n) is 2.39. The Morgan fingerprint density at radius 1 is 1.53 bits per heavy atom. The molecule has 0 saturated carbocycles. The second-order valence-corrected chi connectivity index (χ2v) is 4.39. The second kappa shape index (κ2) is 4.38. The van der Waals surface area contributed by atoms with Crippen molar-refractivity contribution in [2.75, 3.05) is 0 Å². The van der Waals surface area contributed by atoms with Crippen molar-refractivity contribution < 1.29 is 4.79 Å². The van der Waals surface area contributed by atoms with Gasteiger partial charge in [0, 0.05) is 25.9 Å². The van der Waals surface area contributed by atoms with Gasteiger partial charge in [0.15, 0.2) is 4.60 Å². The highest BCUT2D eigenvalue weighted by atomic mass is 79.9. The molecule has 0 aliphatic heterocycles. The Balaban J connectivity index is 2.32. The molecule has 0 bridgehead atoms. The van der Waals surface area contributed by atoms with Gasteiger partial charge in [-0.15, -0.1) is 5.10 Å². The summed E-state index contributed by atoms with van der Waals surface area (Å²) in [6.07, 6.45) is 3.28. The smallest absolute Gasteiger partial charge is 0.204 e. The molecule has 2 N–H and O–H groups in total. The first-order valence-corrected chi connectivity index (χ1v) is 5.63. The van der Waals surface area contributed by atoms with Gasteiger partial charge in [-0.25, -0.2) is 4.68 Å². The fourth-order valence-corrected chi connectivity index (χ4v) is 2.02. The van der Waals surface area contributed by atoms with Crippen LogP contribution in [0.15, 0.2) is 17.0 Å². The molecule has 7 nitrogen and oxygen atoms in total. The molecule has 0 saturated heterocycles. The summed E-state index contributed by atoms with van der Waals surface area (Å²) in [7, 11) is 3.41. The molecule has 2 aromatic heterocycles. The lowest BCUT2D eigenvalue weighted by Gasteiger charge is -2.07. The summed E-state index contributed by atoms with van der Waals surface area (Å²) < 4.78 is 3.38. The molecule has 0 aliphatic carbocycles. The predicted octanol–water partition coefficient (Wildman–Crippen LogP) is 0.194. The third kappa shape index (κ3) is 2.13. The van der Waals surface area contributed by atoms with E-state index in [-0.39, 0.29) is 5.78 Å². The number of carbonyl (C=O) groups excluding carboxylic acids is 1. The molecule has 2 heterocycles. The Hall–Kier alpha value is -1.54. The molecule has 90 valence electrons. The predicted molar refractivity (Wildman–Crippen MR) is 63.2 cm³/mol. The minimum absolute atomic E-state index is 0.252. The van der Waals surface area contributed by atoms with Crippen molar-refractivity contribution in [2.24, 2.45) is 19.8 Å². The number of aromatic nitrogens is 5. The normalized spacial score (nSPS) is 12.7. The Bertz CT molecular complexity index is 540. The average molecular weight is 299 g/mol. The first kappa shape index (κ1) is 11.9. The van der Waals surface area contributed by atoms with Crippen LogP contribution in [0.1, 0.15) is 22.1 Å². The van der Waals surface area contributed by atoms with Gasteiger partial charge in [0.1, 0.15) is 5.69 Å². The number of aryl methyl sites for hydroxylation is 2. The van der Waals surface area contributed by atoms with E-state index in [9.17, 15) is 4.79 Å². The fourth-order valence-electron chi connectivity index (χ4n) is 1.49. The highest BCUT2D eigenvalue weighted by molar-refractivity contribution is 9.10. The maximum atomic E-state index is 12.2. The molecule has 2 rings (SSSR count). The second-order valence-electron chi connectivity index (χ2n) is 3.64. The molecule has 1 atom stereocenters. The number of nitrogens with two attached hydrogens (primary N) is 1. The van der Waals surface area contributed by atoms with E-state index in [1.165, 1.54) is 4.68 Å². The van der Waals surface area contributed by atoms with Crippen LogP contribution < -0.4 is 5.73 Å². The quantitative estimate of drug-likeness (QED) is 0.817. The van der Waals surface area contributed by atoms with Crippen LogP contribution in [0.5, 0.6) is 0 Å². The Morgan fingerprint density at radius 2 is 2.24 bits per heavy atom. The first-order chi connectivity index (χ1) is 8.00. The van der Waals surface area contributed by atoms with Gasteiger partial charge in [-0.05, 0) is 15.9 Å². The summed E-state index contributed by atoms with van der Waals surface area (Å²) in [4.78, 5) is 12.2. The molecule has 0 aliphatic rings. The van der Waals surface area contributed by atoms with Crippen LogP contribution in [0, 0.1) is 0 Å². The van der Waals surface area contributed by atoms with Crippen molar-refractivity contribution >= 4 is 21.7 Å². The molecule has 2 aromatic rings. The van der Waals surface area contributed by atoms with Crippen molar-refractivity contribution in [3.63, 3.8) is 0 Å². The molecule has 0 fully saturated rings. The molecule has 0 aromatic carbocycles. The Kier molecular flexibility index (Phi) is 3.07. The number of hydrogen-bond donors (Lipinski definition) is 1. The van der Waals surface area contributed by atoms with E-state index < -0.39 is 6.04 Å². The van der Waals surface area contributed by atoms with Gasteiger partial charge in [-0.2, -0.15) is 5.10 Å². The number of hydrogen-bond acceptors (Lipinski definition) is 5. The maximum absolute atomic E-state index is 12.2. The summed E-state index contributed by atoms with van der Waals surface area (Å²) in [6, 6.07) is -0.766. The minimum Gasteiger partial charge on any atom is -0.317 e. The van der Waals surface area contributed by atoms with Crippen molar-refractivity contribution in [3.8, 4) is 0 Å². The van der Waals surface area contributed by atoms with Gasteiger partial charge < -0.3 is 5.73 Å². The molecule has 0 radical (unpaired) electrons. The monoisotopic (exact) mass is 298 g/mol. The van der Waals surface area contributed by atoms with E-state index in [0.717, 1.165) is 0 Å². The molecule has 17 heavy (non-hydrogen) atoms. The van der Waals surface area contributed by atoms with E-state index >= 15 is 0 Å². The highest BCUT2D eigenvalue weighted by Crippen LogP contribution is 2.19. The van der Waals surface area contributed by atoms with Crippen LogP contribution >= 0.6 is 15.9 Å². The van der Waals surface area contributed by atoms with Crippen LogP contribution in [-0.4, -0.2) is 30.6 Å². The molecule has 0 spiro atoms. The number of Topliss-reactive ketones (excluding diaryl/α,β-unsaturated/α-hetero) is 1. The molecular weight excluding hydrogens is 288 g/mol. The van der Waals surface area contributed by atoms with Gasteiger partial charge in [0.25, 0.3) is 0 Å². The van der Waals surface area contributed by atoms with Crippen molar-refractivity contribution in [1.82, 2.24) is 24.8 Å². The molecule has 0 amide bonds. The molecular formula is C9H11BrN6O. The third-order valence-corrected chi connectivity index (χ3v) is 2.92. The molecule has 1 unspecified atom stereocenters. The summed E-state index contributed by atoms with van der Waals surface area (Å²) in [5.41, 5.74) is 6.89. The lowest BCUT2D eigenvalue weighted by molar-refractivity contribution is 0.0951.